The summed E-state index contributed by atoms with van der Waals surface area (Å²) in [4.78, 5) is 22.6. The molecular formula is C19H28N6O3. The van der Waals surface area contributed by atoms with Crippen LogP contribution < -0.4 is 9.80 Å². The third-order valence-electron chi connectivity index (χ3n) is 5.19. The van der Waals surface area contributed by atoms with Crippen LogP contribution >= 0.6 is 0 Å². The van der Waals surface area contributed by atoms with Crippen molar-refractivity contribution in [1.29, 1.82) is 0 Å². The molecule has 0 atom stereocenters. The van der Waals surface area contributed by atoms with Crippen molar-refractivity contribution in [2.75, 3.05) is 49.2 Å². The van der Waals surface area contributed by atoms with Gasteiger partial charge >= 0.3 is 0 Å². The molecule has 2 aromatic rings. The number of hydrogen-bond acceptors (Lipinski definition) is 7. The average Bonchev–Trinajstić information content (AvgIpc) is 3.30. The van der Waals surface area contributed by atoms with Gasteiger partial charge in [-0.1, -0.05) is 6.92 Å². The van der Waals surface area contributed by atoms with Crippen molar-refractivity contribution >= 4 is 18.2 Å². The Balaban J connectivity index is 0.000000706. The molecule has 2 saturated heterocycles. The van der Waals surface area contributed by atoms with E-state index < -0.39 is 0 Å². The van der Waals surface area contributed by atoms with Gasteiger partial charge in [0.15, 0.2) is 0 Å². The number of nitrogens with one attached hydrogen (secondary N) is 1. The Labute approximate surface area is 164 Å². The molecule has 0 saturated carbocycles. The van der Waals surface area contributed by atoms with Crippen LogP contribution in [0.1, 0.15) is 37.1 Å². The first-order chi connectivity index (χ1) is 13.7. The summed E-state index contributed by atoms with van der Waals surface area (Å²) in [5.41, 5.74) is 2.37. The first kappa shape index (κ1) is 20.1. The SMILES string of the molecule is CCc1cc(N2CCC(c3ccn[nH]3)CC2)nc(N2CCOCC2)n1.O=CO. The number of aromatic amines is 1. The number of ether oxygens (including phenoxy) is 1. The average molecular weight is 388 g/mol. The zero-order valence-corrected chi connectivity index (χ0v) is 16.3. The highest BCUT2D eigenvalue weighted by atomic mass is 16.5. The molecular weight excluding hydrogens is 360 g/mol. The van der Waals surface area contributed by atoms with Gasteiger partial charge in [-0.2, -0.15) is 10.1 Å². The fourth-order valence-corrected chi connectivity index (χ4v) is 3.63. The number of carbonyl (C=O) groups is 1. The minimum Gasteiger partial charge on any atom is -0.483 e. The smallest absolute Gasteiger partial charge is 0.290 e. The largest absolute Gasteiger partial charge is 0.483 e. The molecule has 0 aliphatic carbocycles. The van der Waals surface area contributed by atoms with Gasteiger partial charge in [-0.3, -0.25) is 9.89 Å². The summed E-state index contributed by atoms with van der Waals surface area (Å²) in [6.45, 7) is 7.19. The molecule has 9 heteroatoms. The Morgan fingerprint density at radius 2 is 1.93 bits per heavy atom. The molecule has 28 heavy (non-hydrogen) atoms. The maximum Gasteiger partial charge on any atom is 0.290 e. The van der Waals surface area contributed by atoms with Crippen molar-refractivity contribution < 1.29 is 14.6 Å². The van der Waals surface area contributed by atoms with Gasteiger partial charge in [0.05, 0.1) is 13.2 Å². The van der Waals surface area contributed by atoms with E-state index >= 15 is 0 Å². The number of piperidine rings is 1. The summed E-state index contributed by atoms with van der Waals surface area (Å²) in [7, 11) is 0. The molecule has 4 heterocycles. The summed E-state index contributed by atoms with van der Waals surface area (Å²) < 4.78 is 5.46. The monoisotopic (exact) mass is 388 g/mol. The molecule has 0 amide bonds. The van der Waals surface area contributed by atoms with Crippen molar-refractivity contribution in [2.45, 2.75) is 32.1 Å². The number of anilines is 2. The van der Waals surface area contributed by atoms with Crippen molar-refractivity contribution in [2.24, 2.45) is 0 Å². The lowest BCUT2D eigenvalue weighted by Gasteiger charge is -2.33. The van der Waals surface area contributed by atoms with Crippen LogP contribution in [0.15, 0.2) is 18.3 Å². The van der Waals surface area contributed by atoms with E-state index in [2.05, 4.69) is 39.1 Å². The zero-order valence-electron chi connectivity index (χ0n) is 16.3. The van der Waals surface area contributed by atoms with E-state index in [1.54, 1.807) is 0 Å². The number of hydrogen-bond donors (Lipinski definition) is 2. The summed E-state index contributed by atoms with van der Waals surface area (Å²) in [5.74, 6) is 2.50. The predicted octanol–water partition coefficient (Wildman–Crippen LogP) is 1.68. The first-order valence-corrected chi connectivity index (χ1v) is 9.77. The maximum atomic E-state index is 8.36. The van der Waals surface area contributed by atoms with Gasteiger partial charge in [-0.15, -0.1) is 0 Å². The number of aryl methyl sites for hydroxylation is 1. The van der Waals surface area contributed by atoms with E-state index in [-0.39, 0.29) is 6.47 Å². The van der Waals surface area contributed by atoms with Crippen LogP contribution in [0.5, 0.6) is 0 Å². The van der Waals surface area contributed by atoms with E-state index in [1.165, 1.54) is 5.69 Å². The van der Waals surface area contributed by atoms with Crippen molar-refractivity contribution in [3.05, 3.63) is 29.7 Å². The second kappa shape index (κ2) is 10.0. The van der Waals surface area contributed by atoms with Crippen LogP contribution in [-0.2, 0) is 16.0 Å². The van der Waals surface area contributed by atoms with Crippen LogP contribution in [0.4, 0.5) is 11.8 Å². The van der Waals surface area contributed by atoms with Crippen LogP contribution in [0.2, 0.25) is 0 Å². The minimum atomic E-state index is -0.250. The van der Waals surface area contributed by atoms with Gasteiger partial charge in [-0.05, 0) is 25.3 Å². The van der Waals surface area contributed by atoms with Crippen molar-refractivity contribution in [1.82, 2.24) is 20.2 Å². The molecule has 2 aromatic heterocycles. The quantitative estimate of drug-likeness (QED) is 0.762. The first-order valence-electron chi connectivity index (χ1n) is 9.77. The van der Waals surface area contributed by atoms with Crippen LogP contribution in [0.25, 0.3) is 0 Å². The molecule has 9 nitrogen and oxygen atoms in total. The lowest BCUT2D eigenvalue weighted by molar-refractivity contribution is -0.122. The number of nitrogens with zero attached hydrogens (tertiary/aromatic N) is 5. The zero-order chi connectivity index (χ0) is 19.8. The highest BCUT2D eigenvalue weighted by Gasteiger charge is 2.24. The highest BCUT2D eigenvalue weighted by Crippen LogP contribution is 2.29. The van der Waals surface area contributed by atoms with Crippen molar-refractivity contribution in [3.63, 3.8) is 0 Å². The minimum absolute atomic E-state index is 0.250. The molecule has 0 radical (unpaired) electrons. The van der Waals surface area contributed by atoms with Gasteiger partial charge in [0, 0.05) is 55.7 Å². The third kappa shape index (κ3) is 4.98. The van der Waals surface area contributed by atoms with E-state index in [0.29, 0.717) is 5.92 Å². The highest BCUT2D eigenvalue weighted by molar-refractivity contribution is 5.47. The Kier molecular flexibility index (Phi) is 7.18. The molecule has 0 spiro atoms. The Bertz CT molecular complexity index is 725. The van der Waals surface area contributed by atoms with Gasteiger partial charge in [0.25, 0.3) is 6.47 Å². The number of aromatic nitrogens is 4. The van der Waals surface area contributed by atoms with E-state index in [1.807, 2.05) is 6.20 Å². The number of carboxylic acid groups (broad SMARTS) is 1. The molecule has 4 rings (SSSR count). The Morgan fingerprint density at radius 3 is 2.54 bits per heavy atom. The van der Waals surface area contributed by atoms with Crippen molar-refractivity contribution in [3.8, 4) is 0 Å². The fraction of sp³-hybridized carbons (Fsp3) is 0.579. The molecule has 152 valence electrons. The van der Waals surface area contributed by atoms with Crippen LogP contribution in [-0.4, -0.2) is 71.1 Å². The van der Waals surface area contributed by atoms with Gasteiger partial charge in [0.2, 0.25) is 5.95 Å². The van der Waals surface area contributed by atoms with E-state index in [0.717, 1.165) is 76.1 Å². The van der Waals surface area contributed by atoms with Crippen LogP contribution in [0.3, 0.4) is 0 Å². The molecule has 2 aliphatic heterocycles. The second-order valence-corrected chi connectivity index (χ2v) is 6.85. The van der Waals surface area contributed by atoms with E-state index in [9.17, 15) is 0 Å². The summed E-state index contributed by atoms with van der Waals surface area (Å²) in [6, 6.07) is 4.25. The fourth-order valence-electron chi connectivity index (χ4n) is 3.63. The lowest BCUT2D eigenvalue weighted by atomic mass is 9.94. The summed E-state index contributed by atoms with van der Waals surface area (Å²) >= 11 is 0. The Hall–Kier alpha value is -2.68. The third-order valence-corrected chi connectivity index (χ3v) is 5.19. The molecule has 0 unspecified atom stereocenters. The second-order valence-electron chi connectivity index (χ2n) is 6.85. The van der Waals surface area contributed by atoms with Gasteiger partial charge in [-0.25, -0.2) is 4.98 Å². The normalized spacial score (nSPS) is 17.8. The van der Waals surface area contributed by atoms with Crippen LogP contribution in [0, 0.1) is 0 Å². The summed E-state index contributed by atoms with van der Waals surface area (Å²) in [6.07, 6.45) is 5.02. The number of rotatable bonds is 4. The topological polar surface area (TPSA) is 107 Å². The molecule has 2 aliphatic rings. The van der Waals surface area contributed by atoms with Gasteiger partial charge < -0.3 is 19.6 Å². The predicted molar refractivity (Wildman–Crippen MR) is 106 cm³/mol. The molecule has 2 fully saturated rings. The number of morpholine rings is 1. The molecule has 2 N–H and O–H groups in total. The standard InChI is InChI=1S/C18H26N6O.CH2O2/c1-2-15-13-17(21-18(20-15)24-9-11-25-12-10-24)23-7-4-14(5-8-23)16-3-6-19-22-16;2-1-3/h3,6,13-14H,2,4-5,7-12H2,1H3,(H,19,22);1H,(H,2,3). The lowest BCUT2D eigenvalue weighted by Crippen LogP contribution is -2.38. The summed E-state index contributed by atoms with van der Waals surface area (Å²) in [5, 5.41) is 14.1. The maximum absolute atomic E-state index is 8.36. The van der Waals surface area contributed by atoms with E-state index in [4.69, 9.17) is 24.6 Å². The van der Waals surface area contributed by atoms with Gasteiger partial charge in [0.1, 0.15) is 5.82 Å². The number of H-pyrrole nitrogens is 1. The molecule has 0 aromatic carbocycles. The molecule has 0 bridgehead atoms. The Morgan fingerprint density at radius 1 is 1.21 bits per heavy atom.